The molecule has 1 aromatic rings. The first-order valence-electron chi connectivity index (χ1n) is 7.59. The summed E-state index contributed by atoms with van der Waals surface area (Å²) >= 11 is 0. The third kappa shape index (κ3) is 5.58. The Morgan fingerprint density at radius 3 is 2.29 bits per heavy atom. The van der Waals surface area contributed by atoms with Gasteiger partial charge >= 0.3 is 0 Å². The minimum Gasteiger partial charge on any atom is -0.352 e. The number of rotatable bonds is 7. The number of nitrogens with zero attached hydrogens (tertiary/aromatic N) is 1. The quantitative estimate of drug-likeness (QED) is 0.839. The molecule has 116 valence electrons. The van der Waals surface area contributed by atoms with E-state index in [-0.39, 0.29) is 17.9 Å². The van der Waals surface area contributed by atoms with Gasteiger partial charge in [0.05, 0.1) is 0 Å². The summed E-state index contributed by atoms with van der Waals surface area (Å²) in [6.07, 6.45) is 1.24. The summed E-state index contributed by atoms with van der Waals surface area (Å²) in [6.45, 7) is 8.05. The monoisotopic (exact) mass is 290 g/mol. The zero-order chi connectivity index (χ0) is 15.8. The van der Waals surface area contributed by atoms with Crippen LogP contribution in [-0.2, 0) is 16.1 Å². The van der Waals surface area contributed by atoms with E-state index in [1.165, 1.54) is 0 Å². The van der Waals surface area contributed by atoms with E-state index in [0.29, 0.717) is 13.0 Å². The second-order valence-electron chi connectivity index (χ2n) is 5.60. The van der Waals surface area contributed by atoms with Crippen LogP contribution in [0.1, 0.15) is 46.1 Å². The molecule has 0 aromatic heterocycles. The Labute approximate surface area is 127 Å². The normalized spacial score (nSPS) is 12.0. The van der Waals surface area contributed by atoms with Crippen LogP contribution in [-0.4, -0.2) is 28.8 Å². The third-order valence-corrected chi connectivity index (χ3v) is 3.26. The molecule has 2 amide bonds. The van der Waals surface area contributed by atoms with E-state index >= 15 is 0 Å². The molecule has 1 N–H and O–H groups in total. The maximum Gasteiger partial charge on any atom is 0.242 e. The molecular weight excluding hydrogens is 264 g/mol. The van der Waals surface area contributed by atoms with Crippen LogP contribution in [0.25, 0.3) is 0 Å². The van der Waals surface area contributed by atoms with Crippen LogP contribution in [0, 0.1) is 0 Å². The first-order valence-corrected chi connectivity index (χ1v) is 7.59. The lowest BCUT2D eigenvalue weighted by Gasteiger charge is -2.29. The van der Waals surface area contributed by atoms with Crippen molar-refractivity contribution in [3.05, 3.63) is 35.9 Å². The maximum atomic E-state index is 12.3. The van der Waals surface area contributed by atoms with Crippen LogP contribution in [0.4, 0.5) is 0 Å². The predicted octanol–water partition coefficient (Wildman–Crippen LogP) is 2.73. The average molecular weight is 290 g/mol. The Morgan fingerprint density at radius 1 is 1.14 bits per heavy atom. The predicted molar refractivity (Wildman–Crippen MR) is 84.6 cm³/mol. The van der Waals surface area contributed by atoms with Gasteiger partial charge in [-0.25, -0.2) is 0 Å². The maximum absolute atomic E-state index is 12.3. The number of hydrogen-bond donors (Lipinski definition) is 1. The van der Waals surface area contributed by atoms with Gasteiger partial charge in [0.2, 0.25) is 11.8 Å². The van der Waals surface area contributed by atoms with Crippen molar-refractivity contribution in [1.29, 1.82) is 0 Å². The summed E-state index contributed by atoms with van der Waals surface area (Å²) in [6, 6.07) is 9.37. The van der Waals surface area contributed by atoms with E-state index in [4.69, 9.17) is 0 Å². The standard InChI is InChI=1S/C17H26N2O2/c1-5-9-16(20)19(12-15-10-7-6-8-11-15)14(4)17(21)18-13(2)3/h6-8,10-11,13-14H,5,9,12H2,1-4H3,(H,18,21). The first kappa shape index (κ1) is 17.2. The molecule has 0 spiro atoms. The lowest BCUT2D eigenvalue weighted by atomic mass is 10.1. The van der Waals surface area contributed by atoms with Gasteiger partial charge < -0.3 is 10.2 Å². The summed E-state index contributed by atoms with van der Waals surface area (Å²) in [4.78, 5) is 26.2. The van der Waals surface area contributed by atoms with Crippen molar-refractivity contribution in [2.45, 2.75) is 59.2 Å². The van der Waals surface area contributed by atoms with Crippen LogP contribution < -0.4 is 5.32 Å². The summed E-state index contributed by atoms with van der Waals surface area (Å²) in [5.74, 6) is -0.0851. The van der Waals surface area contributed by atoms with Gasteiger partial charge in [-0.1, -0.05) is 37.3 Å². The van der Waals surface area contributed by atoms with E-state index in [9.17, 15) is 9.59 Å². The lowest BCUT2D eigenvalue weighted by molar-refractivity contribution is -0.140. The van der Waals surface area contributed by atoms with Gasteiger partial charge in [0, 0.05) is 19.0 Å². The zero-order valence-electron chi connectivity index (χ0n) is 13.4. The number of nitrogens with one attached hydrogen (secondary N) is 1. The second kappa shape index (κ2) is 8.45. The molecule has 0 fully saturated rings. The highest BCUT2D eigenvalue weighted by Crippen LogP contribution is 2.11. The molecule has 1 aromatic carbocycles. The molecule has 1 rings (SSSR count). The molecule has 0 aliphatic rings. The van der Waals surface area contributed by atoms with Crippen LogP contribution in [0.5, 0.6) is 0 Å². The Bertz CT molecular complexity index is 457. The highest BCUT2D eigenvalue weighted by atomic mass is 16.2. The molecule has 4 heteroatoms. The smallest absolute Gasteiger partial charge is 0.242 e. The van der Waals surface area contributed by atoms with E-state index in [1.807, 2.05) is 51.1 Å². The minimum absolute atomic E-state index is 0.0211. The third-order valence-electron chi connectivity index (χ3n) is 3.26. The summed E-state index contributed by atoms with van der Waals surface area (Å²) < 4.78 is 0. The fourth-order valence-electron chi connectivity index (χ4n) is 2.13. The van der Waals surface area contributed by atoms with Crippen molar-refractivity contribution >= 4 is 11.8 Å². The van der Waals surface area contributed by atoms with Crippen molar-refractivity contribution in [2.75, 3.05) is 0 Å². The zero-order valence-corrected chi connectivity index (χ0v) is 13.4. The molecule has 0 bridgehead atoms. The molecule has 0 saturated carbocycles. The van der Waals surface area contributed by atoms with E-state index in [0.717, 1.165) is 12.0 Å². The fourth-order valence-corrected chi connectivity index (χ4v) is 2.13. The highest BCUT2D eigenvalue weighted by molar-refractivity contribution is 5.87. The van der Waals surface area contributed by atoms with Gasteiger partial charge in [0.1, 0.15) is 6.04 Å². The Hall–Kier alpha value is -1.84. The second-order valence-corrected chi connectivity index (χ2v) is 5.60. The molecular formula is C17H26N2O2. The summed E-state index contributed by atoms with van der Waals surface area (Å²) in [5, 5.41) is 2.87. The van der Waals surface area contributed by atoms with Crippen LogP contribution in [0.2, 0.25) is 0 Å². The number of benzene rings is 1. The molecule has 1 atom stereocenters. The number of carbonyl (C=O) groups is 2. The van der Waals surface area contributed by atoms with Crippen molar-refractivity contribution < 1.29 is 9.59 Å². The SMILES string of the molecule is CCCC(=O)N(Cc1ccccc1)C(C)C(=O)NC(C)C. The van der Waals surface area contributed by atoms with Gasteiger partial charge in [0.15, 0.2) is 0 Å². The summed E-state index contributed by atoms with van der Waals surface area (Å²) in [5.41, 5.74) is 1.03. The highest BCUT2D eigenvalue weighted by Gasteiger charge is 2.25. The van der Waals surface area contributed by atoms with Gasteiger partial charge in [-0.3, -0.25) is 9.59 Å². The molecule has 0 saturated heterocycles. The molecule has 1 unspecified atom stereocenters. The van der Waals surface area contributed by atoms with Gasteiger partial charge in [-0.05, 0) is 32.8 Å². The van der Waals surface area contributed by atoms with Gasteiger partial charge in [-0.15, -0.1) is 0 Å². The molecule has 0 aliphatic heterocycles. The molecule has 21 heavy (non-hydrogen) atoms. The first-order chi connectivity index (χ1) is 9.95. The van der Waals surface area contributed by atoms with E-state index in [1.54, 1.807) is 11.8 Å². The fraction of sp³-hybridized carbons (Fsp3) is 0.529. The topological polar surface area (TPSA) is 49.4 Å². The Morgan fingerprint density at radius 2 is 1.76 bits per heavy atom. The van der Waals surface area contributed by atoms with Crippen molar-refractivity contribution in [3.8, 4) is 0 Å². The lowest BCUT2D eigenvalue weighted by Crippen LogP contribution is -2.49. The van der Waals surface area contributed by atoms with Gasteiger partial charge in [0.25, 0.3) is 0 Å². The van der Waals surface area contributed by atoms with Crippen LogP contribution in [0.15, 0.2) is 30.3 Å². The van der Waals surface area contributed by atoms with Gasteiger partial charge in [-0.2, -0.15) is 0 Å². The largest absolute Gasteiger partial charge is 0.352 e. The van der Waals surface area contributed by atoms with Crippen LogP contribution in [0.3, 0.4) is 0 Å². The number of amides is 2. The van der Waals surface area contributed by atoms with Crippen molar-refractivity contribution in [3.63, 3.8) is 0 Å². The number of hydrogen-bond acceptors (Lipinski definition) is 2. The molecule has 0 aliphatic carbocycles. The summed E-state index contributed by atoms with van der Waals surface area (Å²) in [7, 11) is 0. The average Bonchev–Trinajstić information content (AvgIpc) is 2.44. The number of carbonyl (C=O) groups excluding carboxylic acids is 2. The van der Waals surface area contributed by atoms with Crippen LogP contribution >= 0.6 is 0 Å². The molecule has 0 radical (unpaired) electrons. The van der Waals surface area contributed by atoms with Crippen molar-refractivity contribution in [2.24, 2.45) is 0 Å². The van der Waals surface area contributed by atoms with Crippen molar-refractivity contribution in [1.82, 2.24) is 10.2 Å². The van der Waals surface area contributed by atoms with E-state index < -0.39 is 6.04 Å². The minimum atomic E-state index is -0.466. The molecule has 0 heterocycles. The Kier molecular flexibility index (Phi) is 6.92. The van der Waals surface area contributed by atoms with E-state index in [2.05, 4.69) is 5.32 Å². The Balaban J connectivity index is 2.86. The molecule has 4 nitrogen and oxygen atoms in total.